The average Bonchev–Trinajstić information content (AvgIpc) is 3.31. The van der Waals surface area contributed by atoms with E-state index >= 15 is 0 Å². The number of amides is 1. The average molecular weight is 345 g/mol. The first kappa shape index (κ1) is 16.9. The van der Waals surface area contributed by atoms with Crippen LogP contribution >= 0.6 is 0 Å². The normalized spacial score (nSPS) is 29.8. The molecule has 3 fully saturated rings. The molecule has 3 atom stereocenters. The Hall–Kier alpha value is -1.50. The molecule has 0 spiro atoms. The first-order valence-corrected chi connectivity index (χ1v) is 9.46. The van der Waals surface area contributed by atoms with Gasteiger partial charge in [-0.05, 0) is 37.8 Å². The molecule has 1 aromatic rings. The molecule has 6 heteroatoms. The van der Waals surface area contributed by atoms with Gasteiger partial charge >= 0.3 is 0 Å². The van der Waals surface area contributed by atoms with E-state index in [1.54, 1.807) is 0 Å². The molecule has 3 aliphatic rings. The van der Waals surface area contributed by atoms with Crippen molar-refractivity contribution in [2.24, 2.45) is 0 Å². The summed E-state index contributed by atoms with van der Waals surface area (Å²) in [6, 6.07) is 6.41. The van der Waals surface area contributed by atoms with Crippen LogP contribution < -0.4 is 0 Å². The Morgan fingerprint density at radius 2 is 2.12 bits per heavy atom. The number of carbonyl (C=O) groups excluding carboxylic acids is 1. The molecule has 1 aliphatic carbocycles. The molecule has 0 unspecified atom stereocenters. The fraction of sp³-hybridized carbons (Fsp3) is 0.684. The van der Waals surface area contributed by atoms with Gasteiger partial charge in [-0.2, -0.15) is 0 Å². The van der Waals surface area contributed by atoms with Crippen LogP contribution in [0.2, 0.25) is 0 Å². The van der Waals surface area contributed by atoms with E-state index in [0.29, 0.717) is 12.6 Å². The summed E-state index contributed by atoms with van der Waals surface area (Å²) in [5.74, 6) is 0.127. The van der Waals surface area contributed by atoms with Gasteiger partial charge in [0.05, 0.1) is 24.5 Å². The monoisotopic (exact) mass is 345 g/mol. The lowest BCUT2D eigenvalue weighted by Gasteiger charge is -2.38. The zero-order valence-electron chi connectivity index (χ0n) is 14.7. The Kier molecular flexibility index (Phi) is 5.29. The van der Waals surface area contributed by atoms with Crippen LogP contribution in [0, 0.1) is 0 Å². The molecule has 136 valence electrons. The number of hydrogen-bond donors (Lipinski definition) is 0. The number of hydrogen-bond acceptors (Lipinski definition) is 5. The summed E-state index contributed by atoms with van der Waals surface area (Å²) < 4.78 is 12.0. The van der Waals surface area contributed by atoms with Crippen LogP contribution in [0.3, 0.4) is 0 Å². The molecule has 0 N–H and O–H groups in total. The highest BCUT2D eigenvalue weighted by atomic mass is 16.5. The zero-order valence-corrected chi connectivity index (χ0v) is 14.7. The van der Waals surface area contributed by atoms with Crippen LogP contribution in [0.1, 0.15) is 31.4 Å². The number of likely N-dealkylation sites (tertiary alicyclic amines) is 1. The Labute approximate surface area is 149 Å². The molecule has 2 saturated heterocycles. The summed E-state index contributed by atoms with van der Waals surface area (Å²) in [4.78, 5) is 21.0. The van der Waals surface area contributed by atoms with Crippen LogP contribution in [0.5, 0.6) is 0 Å². The summed E-state index contributed by atoms with van der Waals surface area (Å²) in [6.45, 7) is 4.45. The van der Waals surface area contributed by atoms with Crippen molar-refractivity contribution in [3.05, 3.63) is 30.1 Å². The standard InChI is InChI=1S/C19H27N3O3/c23-18(21-9-3-4-10-21)14-25-17-7-6-16-19(17)24-12-11-22(16)13-15-5-1-2-8-20-15/h1-2,5,8,16-17,19H,3-4,6-7,9-14H2/t16-,17+,19+/m0/s1. The van der Waals surface area contributed by atoms with E-state index in [1.165, 1.54) is 0 Å². The van der Waals surface area contributed by atoms with E-state index < -0.39 is 0 Å². The summed E-state index contributed by atoms with van der Waals surface area (Å²) in [5.41, 5.74) is 1.09. The Morgan fingerprint density at radius 3 is 2.92 bits per heavy atom. The largest absolute Gasteiger partial charge is 0.373 e. The molecule has 1 amide bonds. The minimum absolute atomic E-state index is 0.0306. The van der Waals surface area contributed by atoms with E-state index in [9.17, 15) is 4.79 Å². The first-order valence-electron chi connectivity index (χ1n) is 9.46. The highest BCUT2D eigenvalue weighted by Crippen LogP contribution is 2.32. The number of nitrogens with zero attached hydrogens (tertiary/aromatic N) is 3. The van der Waals surface area contributed by atoms with Gasteiger partial charge in [-0.1, -0.05) is 6.07 Å². The summed E-state index contributed by atoms with van der Waals surface area (Å²) in [7, 11) is 0. The number of pyridine rings is 1. The number of rotatable bonds is 5. The van der Waals surface area contributed by atoms with Crippen LogP contribution in [-0.4, -0.2) is 71.8 Å². The lowest BCUT2D eigenvalue weighted by atomic mass is 10.1. The van der Waals surface area contributed by atoms with Gasteiger partial charge in [-0.3, -0.25) is 14.7 Å². The maximum Gasteiger partial charge on any atom is 0.248 e. The smallest absolute Gasteiger partial charge is 0.248 e. The molecule has 6 nitrogen and oxygen atoms in total. The molecule has 0 radical (unpaired) electrons. The summed E-state index contributed by atoms with van der Waals surface area (Å²) >= 11 is 0. The van der Waals surface area contributed by atoms with Crippen molar-refractivity contribution >= 4 is 5.91 Å². The van der Waals surface area contributed by atoms with Crippen molar-refractivity contribution < 1.29 is 14.3 Å². The number of morpholine rings is 1. The molecular weight excluding hydrogens is 318 g/mol. The van der Waals surface area contributed by atoms with Crippen molar-refractivity contribution in [1.29, 1.82) is 0 Å². The van der Waals surface area contributed by atoms with Crippen molar-refractivity contribution in [3.63, 3.8) is 0 Å². The number of fused-ring (bicyclic) bond motifs is 1. The van der Waals surface area contributed by atoms with E-state index in [0.717, 1.165) is 57.6 Å². The van der Waals surface area contributed by atoms with E-state index in [-0.39, 0.29) is 24.7 Å². The van der Waals surface area contributed by atoms with E-state index in [1.807, 2.05) is 23.2 Å². The minimum atomic E-state index is 0.0306. The number of carbonyl (C=O) groups is 1. The van der Waals surface area contributed by atoms with Gasteiger partial charge in [-0.25, -0.2) is 0 Å². The molecule has 3 heterocycles. The third kappa shape index (κ3) is 3.86. The second kappa shape index (κ2) is 7.81. The van der Waals surface area contributed by atoms with Crippen molar-refractivity contribution in [2.45, 2.75) is 50.5 Å². The third-order valence-corrected chi connectivity index (χ3v) is 5.62. The Balaban J connectivity index is 1.32. The number of aromatic nitrogens is 1. The quantitative estimate of drug-likeness (QED) is 0.809. The molecule has 1 aromatic heterocycles. The maximum absolute atomic E-state index is 12.2. The number of ether oxygens (including phenoxy) is 2. The van der Waals surface area contributed by atoms with Crippen molar-refractivity contribution in [1.82, 2.24) is 14.8 Å². The van der Waals surface area contributed by atoms with Gasteiger partial charge in [0.2, 0.25) is 5.91 Å². The van der Waals surface area contributed by atoms with Crippen LogP contribution in [0.4, 0.5) is 0 Å². The minimum Gasteiger partial charge on any atom is -0.373 e. The summed E-state index contributed by atoms with van der Waals surface area (Å²) in [5, 5.41) is 0. The molecule has 1 saturated carbocycles. The SMILES string of the molecule is O=C(CO[C@@H]1CC[C@H]2[C@H]1OCCN2Cc1ccccn1)N1CCCC1. The second-order valence-corrected chi connectivity index (χ2v) is 7.21. The van der Waals surface area contributed by atoms with Crippen molar-refractivity contribution in [2.75, 3.05) is 32.8 Å². The molecular formula is C19H27N3O3. The Morgan fingerprint density at radius 1 is 1.24 bits per heavy atom. The van der Waals surface area contributed by atoms with Gasteiger partial charge in [0, 0.05) is 38.4 Å². The zero-order chi connectivity index (χ0) is 17.1. The molecule has 0 bridgehead atoms. The van der Waals surface area contributed by atoms with Crippen LogP contribution in [0.25, 0.3) is 0 Å². The van der Waals surface area contributed by atoms with Gasteiger partial charge in [-0.15, -0.1) is 0 Å². The lowest BCUT2D eigenvalue weighted by molar-refractivity contribution is -0.145. The van der Waals surface area contributed by atoms with Gasteiger partial charge in [0.1, 0.15) is 6.61 Å². The third-order valence-electron chi connectivity index (χ3n) is 5.62. The highest BCUT2D eigenvalue weighted by Gasteiger charge is 2.43. The topological polar surface area (TPSA) is 54.9 Å². The fourth-order valence-corrected chi connectivity index (χ4v) is 4.30. The second-order valence-electron chi connectivity index (χ2n) is 7.21. The lowest BCUT2D eigenvalue weighted by Crippen LogP contribution is -2.51. The fourth-order valence-electron chi connectivity index (χ4n) is 4.30. The first-order chi connectivity index (χ1) is 12.3. The highest BCUT2D eigenvalue weighted by molar-refractivity contribution is 5.77. The van der Waals surface area contributed by atoms with Crippen molar-refractivity contribution in [3.8, 4) is 0 Å². The van der Waals surface area contributed by atoms with Gasteiger partial charge < -0.3 is 14.4 Å². The van der Waals surface area contributed by atoms with E-state index in [2.05, 4.69) is 16.0 Å². The summed E-state index contributed by atoms with van der Waals surface area (Å²) in [6.07, 6.45) is 6.20. The predicted octanol–water partition coefficient (Wildman–Crippen LogP) is 1.45. The molecule has 2 aliphatic heterocycles. The molecule has 4 rings (SSSR count). The van der Waals surface area contributed by atoms with Gasteiger partial charge in [0.25, 0.3) is 0 Å². The maximum atomic E-state index is 12.2. The molecule has 25 heavy (non-hydrogen) atoms. The van der Waals surface area contributed by atoms with E-state index in [4.69, 9.17) is 9.47 Å². The predicted molar refractivity (Wildman–Crippen MR) is 93.0 cm³/mol. The molecule has 0 aromatic carbocycles. The van der Waals surface area contributed by atoms with Crippen LogP contribution in [-0.2, 0) is 20.8 Å². The Bertz CT molecular complexity index is 577. The van der Waals surface area contributed by atoms with Crippen LogP contribution in [0.15, 0.2) is 24.4 Å². The van der Waals surface area contributed by atoms with Gasteiger partial charge in [0.15, 0.2) is 0 Å².